The van der Waals surface area contributed by atoms with Crippen LogP contribution in [0.4, 0.5) is 0 Å². The van der Waals surface area contributed by atoms with E-state index in [1.54, 1.807) is 18.4 Å². The zero-order valence-corrected chi connectivity index (χ0v) is 14.3. The van der Waals surface area contributed by atoms with Crippen molar-refractivity contribution >= 4 is 23.2 Å². The molecule has 0 saturated carbocycles. The van der Waals surface area contributed by atoms with E-state index in [4.69, 9.17) is 0 Å². The highest BCUT2D eigenvalue weighted by molar-refractivity contribution is 7.15. The number of carbonyl (C=O) groups excluding carboxylic acids is 2. The second-order valence-electron chi connectivity index (χ2n) is 5.78. The van der Waals surface area contributed by atoms with Gasteiger partial charge in [-0.2, -0.15) is 0 Å². The first-order valence-corrected chi connectivity index (χ1v) is 8.39. The van der Waals surface area contributed by atoms with E-state index in [1.807, 2.05) is 24.3 Å². The number of aliphatic hydroxyl groups excluding tert-OH is 1. The molecule has 0 spiro atoms. The van der Waals surface area contributed by atoms with Gasteiger partial charge in [-0.15, -0.1) is 11.3 Å². The summed E-state index contributed by atoms with van der Waals surface area (Å²) >= 11 is 1.72. The fraction of sp³-hybridized carbons (Fsp3) is 0.222. The molecule has 0 fully saturated rings. The summed E-state index contributed by atoms with van der Waals surface area (Å²) in [5.74, 6) is -1.39. The Hall–Kier alpha value is -2.60. The quantitative estimate of drug-likeness (QED) is 0.897. The molecule has 0 saturated heterocycles. The van der Waals surface area contributed by atoms with Gasteiger partial charge in [-0.25, -0.2) is 0 Å². The Balaban J connectivity index is 1.69. The van der Waals surface area contributed by atoms with Crippen LogP contribution < -0.4 is 5.32 Å². The molecule has 5 nitrogen and oxygen atoms in total. The normalized spacial score (nSPS) is 14.4. The molecule has 2 aromatic rings. The molecule has 0 bridgehead atoms. The van der Waals surface area contributed by atoms with Gasteiger partial charge in [-0.3, -0.25) is 9.59 Å². The maximum Gasteiger partial charge on any atom is 0.289 e. The van der Waals surface area contributed by atoms with Crippen LogP contribution in [-0.4, -0.2) is 35.4 Å². The lowest BCUT2D eigenvalue weighted by Gasteiger charge is -2.09. The first-order valence-electron chi connectivity index (χ1n) is 7.57. The van der Waals surface area contributed by atoms with Gasteiger partial charge in [-0.1, -0.05) is 18.2 Å². The summed E-state index contributed by atoms with van der Waals surface area (Å²) in [4.78, 5) is 27.5. The van der Waals surface area contributed by atoms with Crippen molar-refractivity contribution in [3.8, 4) is 10.4 Å². The number of nitrogens with one attached hydrogen (secondary N) is 1. The first-order chi connectivity index (χ1) is 11.5. The van der Waals surface area contributed by atoms with Gasteiger partial charge in [0.15, 0.2) is 5.76 Å². The minimum absolute atomic E-state index is 0.118. The molecule has 1 aliphatic rings. The topological polar surface area (TPSA) is 69.6 Å². The number of carbonyl (C=O) groups is 2. The number of nitrogens with zero attached hydrogens (tertiary/aromatic N) is 1. The molecule has 6 heteroatoms. The third-order valence-electron chi connectivity index (χ3n) is 3.91. The van der Waals surface area contributed by atoms with Crippen LogP contribution in [0.25, 0.3) is 10.4 Å². The zero-order valence-electron chi connectivity index (χ0n) is 13.5. The number of aliphatic hydroxyl groups is 1. The highest BCUT2D eigenvalue weighted by Crippen LogP contribution is 2.28. The van der Waals surface area contributed by atoms with Crippen molar-refractivity contribution in [2.24, 2.45) is 0 Å². The lowest BCUT2D eigenvalue weighted by molar-refractivity contribution is -0.126. The minimum atomic E-state index is -0.518. The number of hydrogen-bond donors (Lipinski definition) is 2. The number of thiophene rings is 1. The summed E-state index contributed by atoms with van der Waals surface area (Å²) < 4.78 is 0. The molecule has 2 amide bonds. The van der Waals surface area contributed by atoms with Gasteiger partial charge in [0, 0.05) is 23.3 Å². The maximum atomic E-state index is 12.2. The number of aryl methyl sites for hydroxylation is 1. The van der Waals surface area contributed by atoms with Gasteiger partial charge in [-0.05, 0) is 36.2 Å². The van der Waals surface area contributed by atoms with Crippen molar-refractivity contribution < 1.29 is 14.7 Å². The summed E-state index contributed by atoms with van der Waals surface area (Å²) in [6.07, 6.45) is 0. The van der Waals surface area contributed by atoms with Gasteiger partial charge in [0.2, 0.25) is 0 Å². The van der Waals surface area contributed by atoms with Crippen molar-refractivity contribution in [3.05, 3.63) is 58.2 Å². The molecule has 0 aliphatic carbocycles. The molecule has 1 aromatic heterocycles. The number of amides is 2. The fourth-order valence-electron chi connectivity index (χ4n) is 2.59. The Morgan fingerprint density at radius 3 is 2.75 bits per heavy atom. The Labute approximate surface area is 144 Å². The molecule has 1 aliphatic heterocycles. The molecule has 124 valence electrons. The number of likely N-dealkylation sites (N-methyl/N-ethyl adjacent to an activating group) is 1. The van der Waals surface area contributed by atoms with Crippen LogP contribution in [-0.2, 0) is 16.1 Å². The van der Waals surface area contributed by atoms with Gasteiger partial charge >= 0.3 is 0 Å². The largest absolute Gasteiger partial charge is 0.503 e. The van der Waals surface area contributed by atoms with Crippen LogP contribution in [0.1, 0.15) is 10.4 Å². The van der Waals surface area contributed by atoms with E-state index in [2.05, 4.69) is 24.4 Å². The predicted octanol–water partition coefficient (Wildman–Crippen LogP) is 2.62. The van der Waals surface area contributed by atoms with Gasteiger partial charge < -0.3 is 15.3 Å². The SMILES string of the molecule is Cc1ccc(-c2cccc(CNC(=O)C3=C(O)C(=O)N(C)C3)c2)s1. The third kappa shape index (κ3) is 3.19. The van der Waals surface area contributed by atoms with E-state index in [9.17, 15) is 14.7 Å². The second kappa shape index (κ2) is 6.49. The van der Waals surface area contributed by atoms with Gasteiger partial charge in [0.25, 0.3) is 11.8 Å². The van der Waals surface area contributed by atoms with Crippen LogP contribution in [0.3, 0.4) is 0 Å². The summed E-state index contributed by atoms with van der Waals surface area (Å²) in [6.45, 7) is 2.54. The van der Waals surface area contributed by atoms with Crippen LogP contribution in [0.2, 0.25) is 0 Å². The average molecular weight is 342 g/mol. The smallest absolute Gasteiger partial charge is 0.289 e. The number of benzene rings is 1. The maximum absolute atomic E-state index is 12.2. The van der Waals surface area contributed by atoms with Crippen LogP contribution in [0.15, 0.2) is 47.7 Å². The van der Waals surface area contributed by atoms with E-state index < -0.39 is 17.6 Å². The summed E-state index contributed by atoms with van der Waals surface area (Å²) in [7, 11) is 1.55. The summed E-state index contributed by atoms with van der Waals surface area (Å²) in [6, 6.07) is 12.1. The molecule has 1 aromatic carbocycles. The van der Waals surface area contributed by atoms with Gasteiger partial charge in [0.05, 0.1) is 12.1 Å². The molecule has 3 rings (SSSR count). The van der Waals surface area contributed by atoms with Crippen LogP contribution in [0.5, 0.6) is 0 Å². The Morgan fingerprint density at radius 2 is 2.12 bits per heavy atom. The molecular weight excluding hydrogens is 324 g/mol. The molecule has 2 heterocycles. The van der Waals surface area contributed by atoms with Crippen molar-refractivity contribution in [2.75, 3.05) is 13.6 Å². The van der Waals surface area contributed by atoms with Crippen LogP contribution >= 0.6 is 11.3 Å². The Morgan fingerprint density at radius 1 is 1.33 bits per heavy atom. The molecule has 2 N–H and O–H groups in total. The predicted molar refractivity (Wildman–Crippen MR) is 93.6 cm³/mol. The van der Waals surface area contributed by atoms with Crippen molar-refractivity contribution in [1.82, 2.24) is 10.2 Å². The lowest BCUT2D eigenvalue weighted by Crippen LogP contribution is -2.27. The molecule has 0 unspecified atom stereocenters. The second-order valence-corrected chi connectivity index (χ2v) is 7.07. The molecule has 0 radical (unpaired) electrons. The zero-order chi connectivity index (χ0) is 17.3. The minimum Gasteiger partial charge on any atom is -0.503 e. The molecular formula is C18H18N2O3S. The number of rotatable bonds is 4. The van der Waals surface area contributed by atoms with E-state index in [1.165, 1.54) is 14.7 Å². The van der Waals surface area contributed by atoms with Crippen molar-refractivity contribution in [3.63, 3.8) is 0 Å². The first kappa shape index (κ1) is 16.3. The van der Waals surface area contributed by atoms with Crippen LogP contribution in [0, 0.1) is 6.92 Å². The Bertz CT molecular complexity index is 838. The lowest BCUT2D eigenvalue weighted by atomic mass is 10.1. The van der Waals surface area contributed by atoms with Crippen molar-refractivity contribution in [1.29, 1.82) is 0 Å². The monoisotopic (exact) mass is 342 g/mol. The number of hydrogen-bond acceptors (Lipinski definition) is 4. The highest BCUT2D eigenvalue weighted by Gasteiger charge is 2.31. The van der Waals surface area contributed by atoms with Crippen molar-refractivity contribution in [2.45, 2.75) is 13.5 Å². The Kier molecular flexibility index (Phi) is 4.40. The third-order valence-corrected chi connectivity index (χ3v) is 4.96. The standard InChI is InChI=1S/C18H18N2O3S/c1-11-6-7-15(24-11)13-5-3-4-12(8-13)9-19-17(22)14-10-20(2)18(23)16(14)21/h3-8,21H,9-10H2,1-2H3,(H,19,22). The van der Waals surface area contributed by atoms with E-state index in [0.29, 0.717) is 6.54 Å². The van der Waals surface area contributed by atoms with E-state index in [0.717, 1.165) is 11.1 Å². The van der Waals surface area contributed by atoms with E-state index >= 15 is 0 Å². The average Bonchev–Trinajstić information content (AvgIpc) is 3.12. The van der Waals surface area contributed by atoms with E-state index in [-0.39, 0.29) is 12.1 Å². The summed E-state index contributed by atoms with van der Waals surface area (Å²) in [5.41, 5.74) is 2.19. The van der Waals surface area contributed by atoms with Gasteiger partial charge in [0.1, 0.15) is 0 Å². The highest BCUT2D eigenvalue weighted by atomic mass is 32.1. The molecule has 0 atom stereocenters. The molecule has 24 heavy (non-hydrogen) atoms. The summed E-state index contributed by atoms with van der Waals surface area (Å²) in [5, 5.41) is 12.5. The fourth-order valence-corrected chi connectivity index (χ4v) is 3.45.